The monoisotopic (exact) mass is 527 g/mol. The van der Waals surface area contributed by atoms with Gasteiger partial charge in [0.25, 0.3) is 0 Å². The molecule has 0 spiro atoms. The van der Waals surface area contributed by atoms with E-state index in [1.54, 1.807) is 34.6 Å². The molecule has 1 aromatic rings. The average Bonchev–Trinajstić information content (AvgIpc) is 2.75. The van der Waals surface area contributed by atoms with Crippen molar-refractivity contribution in [1.82, 2.24) is 0 Å². The second kappa shape index (κ2) is 14.9. The second-order valence-corrected chi connectivity index (χ2v) is 9.33. The Kier molecular flexibility index (Phi) is 12.7. The number of carbonyl (C=O) groups is 4. The van der Waals surface area contributed by atoms with E-state index in [0.29, 0.717) is 5.56 Å². The normalized spacial score (nSPS) is 13.5. The molecule has 12 heteroatoms. The van der Waals surface area contributed by atoms with E-state index in [4.69, 9.17) is 34.2 Å². The Bertz CT molecular complexity index is 929. The number of hydrogen-bond donors (Lipinski definition) is 2. The Labute approximate surface area is 216 Å². The summed E-state index contributed by atoms with van der Waals surface area (Å²) in [6, 6.07) is 2.65. The molecule has 0 fully saturated rings. The molecule has 0 aliphatic heterocycles. The predicted molar refractivity (Wildman–Crippen MR) is 131 cm³/mol. The summed E-state index contributed by atoms with van der Waals surface area (Å²) in [7, 11) is 0. The van der Waals surface area contributed by atoms with Crippen molar-refractivity contribution in [3.8, 4) is 11.5 Å². The van der Waals surface area contributed by atoms with E-state index in [1.807, 2.05) is 13.8 Å². The molecular formula is C25H37NO11. The highest BCUT2D eigenvalue weighted by Crippen LogP contribution is 2.35. The SMILES string of the molecule is CC(C)COC(=O)OC(C)CC(c1ccc(OC(=O)OC(C)C)c(OC(=O)OC(C)C)c1)[C@H](N)C(=O)O. The van der Waals surface area contributed by atoms with Crippen LogP contribution in [0, 0.1) is 5.92 Å². The lowest BCUT2D eigenvalue weighted by atomic mass is 9.87. The van der Waals surface area contributed by atoms with Crippen molar-refractivity contribution in [2.45, 2.75) is 85.2 Å². The van der Waals surface area contributed by atoms with Crippen LogP contribution in [0.1, 0.15) is 66.4 Å². The molecule has 12 nitrogen and oxygen atoms in total. The van der Waals surface area contributed by atoms with E-state index in [-0.39, 0.29) is 30.4 Å². The molecule has 0 aliphatic rings. The third kappa shape index (κ3) is 11.8. The third-order valence-corrected chi connectivity index (χ3v) is 4.58. The summed E-state index contributed by atoms with van der Waals surface area (Å²) in [5.74, 6) is -2.49. The van der Waals surface area contributed by atoms with Gasteiger partial charge in [-0.25, -0.2) is 14.4 Å². The van der Waals surface area contributed by atoms with Crippen molar-refractivity contribution in [2.24, 2.45) is 11.7 Å². The van der Waals surface area contributed by atoms with Gasteiger partial charge in [-0.05, 0) is 64.7 Å². The van der Waals surface area contributed by atoms with Crippen molar-refractivity contribution in [3.05, 3.63) is 23.8 Å². The van der Waals surface area contributed by atoms with Crippen molar-refractivity contribution >= 4 is 24.4 Å². The lowest BCUT2D eigenvalue weighted by molar-refractivity contribution is -0.139. The van der Waals surface area contributed by atoms with Crippen LogP contribution in [0.5, 0.6) is 11.5 Å². The molecule has 0 saturated carbocycles. The van der Waals surface area contributed by atoms with Crippen LogP contribution in [-0.4, -0.2) is 60.5 Å². The fourth-order valence-electron chi connectivity index (χ4n) is 3.03. The van der Waals surface area contributed by atoms with Crippen LogP contribution in [-0.2, 0) is 23.7 Å². The fraction of sp³-hybridized carbons (Fsp3) is 0.600. The first kappa shape index (κ1) is 31.5. The number of aliphatic carboxylic acids is 1. The van der Waals surface area contributed by atoms with Gasteiger partial charge in [-0.1, -0.05) is 19.9 Å². The topological polar surface area (TPSA) is 170 Å². The van der Waals surface area contributed by atoms with Crippen LogP contribution in [0.25, 0.3) is 0 Å². The number of carboxylic acids is 1. The maximum Gasteiger partial charge on any atom is 0.514 e. The molecule has 0 bridgehead atoms. The summed E-state index contributed by atoms with van der Waals surface area (Å²) in [4.78, 5) is 47.9. The number of benzene rings is 1. The number of rotatable bonds is 12. The van der Waals surface area contributed by atoms with Crippen LogP contribution < -0.4 is 15.2 Å². The summed E-state index contributed by atoms with van der Waals surface area (Å²) in [6.07, 6.45) is -4.74. The zero-order valence-corrected chi connectivity index (χ0v) is 22.2. The van der Waals surface area contributed by atoms with Crippen LogP contribution in [0.15, 0.2) is 18.2 Å². The maximum absolute atomic E-state index is 12.2. The van der Waals surface area contributed by atoms with E-state index in [9.17, 15) is 24.3 Å². The molecule has 3 N–H and O–H groups in total. The van der Waals surface area contributed by atoms with Gasteiger partial charge in [0.15, 0.2) is 11.5 Å². The summed E-state index contributed by atoms with van der Waals surface area (Å²) in [5, 5.41) is 9.58. The highest BCUT2D eigenvalue weighted by atomic mass is 16.8. The van der Waals surface area contributed by atoms with Crippen LogP contribution in [0.2, 0.25) is 0 Å². The number of nitrogens with two attached hydrogens (primary N) is 1. The molecule has 37 heavy (non-hydrogen) atoms. The Morgan fingerprint density at radius 3 is 1.84 bits per heavy atom. The predicted octanol–water partition coefficient (Wildman–Crippen LogP) is 4.62. The largest absolute Gasteiger partial charge is 0.514 e. The van der Waals surface area contributed by atoms with Crippen LogP contribution >= 0.6 is 0 Å². The quantitative estimate of drug-likeness (QED) is 0.220. The van der Waals surface area contributed by atoms with Gasteiger partial charge in [0.05, 0.1) is 18.8 Å². The minimum absolute atomic E-state index is 0.00425. The lowest BCUT2D eigenvalue weighted by Gasteiger charge is -2.25. The second-order valence-electron chi connectivity index (χ2n) is 9.33. The van der Waals surface area contributed by atoms with E-state index >= 15 is 0 Å². The molecule has 3 atom stereocenters. The van der Waals surface area contributed by atoms with E-state index in [2.05, 4.69) is 0 Å². The maximum atomic E-state index is 12.2. The van der Waals surface area contributed by atoms with Gasteiger partial charge in [-0.2, -0.15) is 0 Å². The van der Waals surface area contributed by atoms with Crippen molar-refractivity contribution in [2.75, 3.05) is 6.61 Å². The van der Waals surface area contributed by atoms with Gasteiger partial charge >= 0.3 is 24.4 Å². The van der Waals surface area contributed by atoms with Gasteiger partial charge in [-0.15, -0.1) is 0 Å². The molecule has 208 valence electrons. The number of ether oxygens (including phenoxy) is 6. The molecule has 0 radical (unpaired) electrons. The van der Waals surface area contributed by atoms with Crippen molar-refractivity contribution < 1.29 is 52.7 Å². The molecule has 0 saturated heterocycles. The molecule has 2 unspecified atom stereocenters. The van der Waals surface area contributed by atoms with E-state index in [1.165, 1.54) is 18.2 Å². The summed E-state index contributed by atoms with van der Waals surface area (Å²) >= 11 is 0. The van der Waals surface area contributed by atoms with E-state index in [0.717, 1.165) is 0 Å². The zero-order chi connectivity index (χ0) is 28.3. The van der Waals surface area contributed by atoms with Crippen LogP contribution in [0.4, 0.5) is 14.4 Å². The van der Waals surface area contributed by atoms with Crippen molar-refractivity contribution in [3.63, 3.8) is 0 Å². The zero-order valence-electron chi connectivity index (χ0n) is 22.2. The highest BCUT2D eigenvalue weighted by Gasteiger charge is 2.30. The summed E-state index contributed by atoms with van der Waals surface area (Å²) < 4.78 is 30.6. The number of carbonyl (C=O) groups excluding carboxylic acids is 3. The molecule has 1 rings (SSSR count). The first-order valence-electron chi connectivity index (χ1n) is 11.9. The number of carboxylic acid groups (broad SMARTS) is 1. The molecular weight excluding hydrogens is 490 g/mol. The van der Waals surface area contributed by atoms with Gasteiger partial charge in [0.2, 0.25) is 0 Å². The van der Waals surface area contributed by atoms with Crippen LogP contribution in [0.3, 0.4) is 0 Å². The molecule has 1 aromatic carbocycles. The first-order valence-corrected chi connectivity index (χ1v) is 11.9. The van der Waals surface area contributed by atoms with Gasteiger partial charge in [0.1, 0.15) is 12.1 Å². The summed E-state index contributed by atoms with van der Waals surface area (Å²) in [5.41, 5.74) is 6.27. The average molecular weight is 528 g/mol. The van der Waals surface area contributed by atoms with Gasteiger partial charge < -0.3 is 39.3 Å². The first-order chi connectivity index (χ1) is 17.2. The number of hydrogen-bond acceptors (Lipinski definition) is 11. The van der Waals surface area contributed by atoms with Gasteiger partial charge in [-0.3, -0.25) is 4.79 Å². The molecule has 0 aliphatic carbocycles. The van der Waals surface area contributed by atoms with Crippen molar-refractivity contribution in [1.29, 1.82) is 0 Å². The summed E-state index contributed by atoms with van der Waals surface area (Å²) in [6.45, 7) is 11.9. The minimum atomic E-state index is -1.41. The molecule has 0 heterocycles. The Morgan fingerprint density at radius 1 is 0.811 bits per heavy atom. The Morgan fingerprint density at radius 2 is 1.35 bits per heavy atom. The Hall–Kier alpha value is -3.54. The smallest absolute Gasteiger partial charge is 0.480 e. The minimum Gasteiger partial charge on any atom is -0.480 e. The Balaban J connectivity index is 3.28. The van der Waals surface area contributed by atoms with E-state index < -0.39 is 54.7 Å². The lowest BCUT2D eigenvalue weighted by Crippen LogP contribution is -2.38. The third-order valence-electron chi connectivity index (χ3n) is 4.58. The fourth-order valence-corrected chi connectivity index (χ4v) is 3.03. The molecule has 0 amide bonds. The van der Waals surface area contributed by atoms with Gasteiger partial charge in [0, 0.05) is 5.92 Å². The standard InChI is InChI=1S/C25H37NO11/c1-13(2)12-32-23(29)35-16(7)10-18(21(26)22(27)28)17-8-9-19(36-24(30)33-14(3)4)20(11-17)37-25(31)34-15(5)6/h8-9,11,13-16,18,21H,10,12,26H2,1-7H3,(H,27,28)/t16?,18?,21-/m0/s1. The highest BCUT2D eigenvalue weighted by molar-refractivity contribution is 5.75. The molecule has 0 aromatic heterocycles.